The van der Waals surface area contributed by atoms with Crippen LogP contribution in [0.2, 0.25) is 4.34 Å². The normalized spacial score (nSPS) is 14.8. The predicted molar refractivity (Wildman–Crippen MR) is 92.5 cm³/mol. The molecule has 2 heterocycles. The van der Waals surface area contributed by atoms with Crippen LogP contribution in [0.25, 0.3) is 0 Å². The van der Waals surface area contributed by atoms with E-state index < -0.39 is 20.0 Å². The Morgan fingerprint density at radius 3 is 2.52 bits per heavy atom. The predicted octanol–water partition coefficient (Wildman–Crippen LogP) is 2.52. The van der Waals surface area contributed by atoms with Crippen molar-refractivity contribution >= 4 is 54.4 Å². The lowest BCUT2D eigenvalue weighted by atomic mass is 10.1. The van der Waals surface area contributed by atoms with Crippen molar-refractivity contribution in [3.8, 4) is 0 Å². The molecule has 0 unspecified atom stereocenters. The number of thiophene rings is 1. The first kappa shape index (κ1) is 16.6. The van der Waals surface area contributed by atoms with Crippen LogP contribution in [0.3, 0.4) is 0 Å². The van der Waals surface area contributed by atoms with Crippen LogP contribution in [0.1, 0.15) is 5.56 Å². The lowest BCUT2D eigenvalue weighted by Crippen LogP contribution is -2.27. The summed E-state index contributed by atoms with van der Waals surface area (Å²) in [4.78, 5) is 0. The van der Waals surface area contributed by atoms with Crippen molar-refractivity contribution in [2.45, 2.75) is 10.6 Å². The summed E-state index contributed by atoms with van der Waals surface area (Å²) in [7, 11) is -7.13. The molecule has 23 heavy (non-hydrogen) atoms. The monoisotopic (exact) mass is 392 g/mol. The number of sulfonamides is 2. The smallest absolute Gasteiger partial charge is 0.271 e. The van der Waals surface area contributed by atoms with Crippen LogP contribution in [0, 0.1) is 0 Å². The first-order chi connectivity index (χ1) is 10.7. The fraction of sp³-hybridized carbons (Fsp3) is 0.231. The maximum absolute atomic E-state index is 12.3. The standard InChI is InChI=1S/C13H13ClN2O4S3/c1-22(17,18)16-7-6-9-2-3-10(8-11(9)16)15-23(19,20)13-5-4-12(14)21-13/h2-5,8,15H,6-7H2,1H3. The zero-order valence-electron chi connectivity index (χ0n) is 12.0. The number of anilines is 2. The maximum atomic E-state index is 12.3. The summed E-state index contributed by atoms with van der Waals surface area (Å²) in [5.74, 6) is 0. The minimum absolute atomic E-state index is 0.1000. The Hall–Kier alpha value is -1.29. The lowest BCUT2D eigenvalue weighted by molar-refractivity contribution is 0.598. The molecule has 0 saturated carbocycles. The molecular formula is C13H13ClN2O4S3. The minimum Gasteiger partial charge on any atom is -0.279 e. The van der Waals surface area contributed by atoms with Gasteiger partial charge < -0.3 is 0 Å². The van der Waals surface area contributed by atoms with Crippen molar-refractivity contribution in [2.24, 2.45) is 0 Å². The Balaban J connectivity index is 1.94. The number of nitrogens with zero attached hydrogens (tertiary/aromatic N) is 1. The third-order valence-corrected chi connectivity index (χ3v) is 7.69. The number of rotatable bonds is 4. The quantitative estimate of drug-likeness (QED) is 0.866. The zero-order chi connectivity index (χ0) is 16.8. The summed E-state index contributed by atoms with van der Waals surface area (Å²) in [6, 6.07) is 7.83. The third kappa shape index (κ3) is 3.32. The van der Waals surface area contributed by atoms with Gasteiger partial charge in [0.05, 0.1) is 22.0 Å². The Labute approximate surface area is 143 Å². The van der Waals surface area contributed by atoms with Gasteiger partial charge in [-0.1, -0.05) is 17.7 Å². The van der Waals surface area contributed by atoms with Crippen LogP contribution in [0.4, 0.5) is 11.4 Å². The largest absolute Gasteiger partial charge is 0.279 e. The summed E-state index contributed by atoms with van der Waals surface area (Å²) in [6.07, 6.45) is 1.74. The molecule has 1 aromatic carbocycles. The van der Waals surface area contributed by atoms with Crippen molar-refractivity contribution in [3.63, 3.8) is 0 Å². The Bertz CT molecular complexity index is 967. The lowest BCUT2D eigenvalue weighted by Gasteiger charge is -2.17. The van der Waals surface area contributed by atoms with Crippen molar-refractivity contribution in [2.75, 3.05) is 21.8 Å². The Kier molecular flexibility index (Phi) is 4.07. The van der Waals surface area contributed by atoms with Gasteiger partial charge in [0.1, 0.15) is 4.21 Å². The molecule has 1 aromatic heterocycles. The fourth-order valence-electron chi connectivity index (χ4n) is 2.41. The van der Waals surface area contributed by atoms with Crippen LogP contribution in [0.5, 0.6) is 0 Å². The minimum atomic E-state index is -3.75. The van der Waals surface area contributed by atoms with Gasteiger partial charge in [-0.3, -0.25) is 9.03 Å². The van der Waals surface area contributed by atoms with Crippen molar-refractivity contribution < 1.29 is 16.8 Å². The van der Waals surface area contributed by atoms with Gasteiger partial charge in [0.25, 0.3) is 10.0 Å². The van der Waals surface area contributed by atoms with Gasteiger partial charge in [-0.2, -0.15) is 0 Å². The van der Waals surface area contributed by atoms with Crippen molar-refractivity contribution in [1.82, 2.24) is 0 Å². The van der Waals surface area contributed by atoms with Crippen LogP contribution in [-0.2, 0) is 26.5 Å². The molecule has 2 aromatic rings. The van der Waals surface area contributed by atoms with E-state index >= 15 is 0 Å². The van der Waals surface area contributed by atoms with Crippen LogP contribution < -0.4 is 9.03 Å². The Morgan fingerprint density at radius 2 is 1.91 bits per heavy atom. The number of nitrogens with one attached hydrogen (secondary N) is 1. The Morgan fingerprint density at radius 1 is 1.17 bits per heavy atom. The van der Waals surface area contributed by atoms with Crippen LogP contribution in [-0.4, -0.2) is 29.6 Å². The van der Waals surface area contributed by atoms with E-state index in [4.69, 9.17) is 11.6 Å². The highest BCUT2D eigenvalue weighted by Gasteiger charge is 2.27. The van der Waals surface area contributed by atoms with Gasteiger partial charge in [0.15, 0.2) is 0 Å². The summed E-state index contributed by atoms with van der Waals surface area (Å²) in [5.41, 5.74) is 1.69. The first-order valence-corrected chi connectivity index (χ1v) is 11.1. The number of benzene rings is 1. The molecule has 0 saturated heterocycles. The second-order valence-electron chi connectivity index (χ2n) is 5.09. The summed E-state index contributed by atoms with van der Waals surface area (Å²) < 4.78 is 52.4. The highest BCUT2D eigenvalue weighted by molar-refractivity contribution is 7.94. The number of fused-ring (bicyclic) bond motifs is 1. The van der Waals surface area contributed by atoms with E-state index in [1.165, 1.54) is 22.5 Å². The van der Waals surface area contributed by atoms with E-state index in [0.29, 0.717) is 28.7 Å². The van der Waals surface area contributed by atoms with E-state index in [9.17, 15) is 16.8 Å². The highest BCUT2D eigenvalue weighted by atomic mass is 35.5. The molecule has 0 atom stereocenters. The average Bonchev–Trinajstić information content (AvgIpc) is 3.03. The second-order valence-corrected chi connectivity index (χ2v) is 10.6. The SMILES string of the molecule is CS(=O)(=O)N1CCc2ccc(NS(=O)(=O)c3ccc(Cl)s3)cc21. The zero-order valence-corrected chi connectivity index (χ0v) is 15.2. The van der Waals surface area contributed by atoms with E-state index in [1.54, 1.807) is 12.1 Å². The molecule has 0 spiro atoms. The third-order valence-electron chi connectivity index (χ3n) is 3.40. The van der Waals surface area contributed by atoms with Crippen molar-refractivity contribution in [1.29, 1.82) is 0 Å². The highest BCUT2D eigenvalue weighted by Crippen LogP contribution is 2.34. The number of hydrogen-bond acceptors (Lipinski definition) is 5. The topological polar surface area (TPSA) is 83.6 Å². The van der Waals surface area contributed by atoms with E-state index in [0.717, 1.165) is 23.2 Å². The molecule has 0 fully saturated rings. The average molecular weight is 393 g/mol. The first-order valence-electron chi connectivity index (χ1n) is 6.56. The number of halogens is 1. The number of hydrogen-bond donors (Lipinski definition) is 1. The molecule has 1 N–H and O–H groups in total. The molecular weight excluding hydrogens is 380 g/mol. The molecule has 0 bridgehead atoms. The van der Waals surface area contributed by atoms with Gasteiger partial charge in [-0.15, -0.1) is 11.3 Å². The van der Waals surface area contributed by atoms with Crippen molar-refractivity contribution in [3.05, 3.63) is 40.2 Å². The summed E-state index contributed by atoms with van der Waals surface area (Å²) >= 11 is 6.72. The summed E-state index contributed by atoms with van der Waals surface area (Å²) in [6.45, 7) is 0.366. The van der Waals surface area contributed by atoms with Gasteiger partial charge in [0.2, 0.25) is 10.0 Å². The maximum Gasteiger partial charge on any atom is 0.271 e. The summed E-state index contributed by atoms with van der Waals surface area (Å²) in [5, 5.41) is 0. The molecule has 0 radical (unpaired) electrons. The van der Waals surface area contributed by atoms with Gasteiger partial charge in [-0.05, 0) is 36.2 Å². The second kappa shape index (κ2) is 5.66. The van der Waals surface area contributed by atoms with E-state index in [2.05, 4.69) is 4.72 Å². The molecule has 0 aliphatic carbocycles. The van der Waals surface area contributed by atoms with Crippen LogP contribution in [0.15, 0.2) is 34.5 Å². The van der Waals surface area contributed by atoms with E-state index in [-0.39, 0.29) is 4.21 Å². The van der Waals surface area contributed by atoms with Crippen LogP contribution >= 0.6 is 22.9 Å². The molecule has 124 valence electrons. The molecule has 1 aliphatic rings. The molecule has 10 heteroatoms. The van der Waals surface area contributed by atoms with Gasteiger partial charge >= 0.3 is 0 Å². The molecule has 3 rings (SSSR count). The van der Waals surface area contributed by atoms with Gasteiger partial charge in [0, 0.05) is 6.54 Å². The molecule has 6 nitrogen and oxygen atoms in total. The van der Waals surface area contributed by atoms with E-state index in [1.807, 2.05) is 0 Å². The molecule has 0 amide bonds. The fourth-order valence-corrected chi connectivity index (χ4v) is 5.89. The van der Waals surface area contributed by atoms with Gasteiger partial charge in [-0.25, -0.2) is 16.8 Å². The molecule has 1 aliphatic heterocycles.